The molecule has 0 aromatic rings. The number of morpholine rings is 1. The first-order valence-corrected chi connectivity index (χ1v) is 10.4. The molecule has 0 aromatic heterocycles. The van der Waals surface area contributed by atoms with E-state index in [9.17, 15) is 0 Å². The van der Waals surface area contributed by atoms with Crippen molar-refractivity contribution < 1.29 is 9.94 Å². The first-order valence-electron chi connectivity index (χ1n) is 10.4. The lowest BCUT2D eigenvalue weighted by atomic mass is 10.0. The predicted molar refractivity (Wildman–Crippen MR) is 102 cm³/mol. The second-order valence-electron chi connectivity index (χ2n) is 7.16. The Kier molecular flexibility index (Phi) is 14.2. The maximum absolute atomic E-state index is 8.87. The van der Waals surface area contributed by atoms with E-state index in [1.165, 1.54) is 77.0 Å². The molecule has 1 aliphatic rings. The third-order valence-electron chi connectivity index (χ3n) is 5.11. The van der Waals surface area contributed by atoms with Crippen LogP contribution in [0.1, 0.15) is 90.4 Å². The Balaban J connectivity index is 1.92. The third-order valence-corrected chi connectivity index (χ3v) is 5.11. The van der Waals surface area contributed by atoms with Crippen molar-refractivity contribution in [2.24, 2.45) is 5.16 Å². The van der Waals surface area contributed by atoms with Gasteiger partial charge < -0.3 is 9.94 Å². The lowest BCUT2D eigenvalue weighted by molar-refractivity contribution is 0.0276. The van der Waals surface area contributed by atoms with Crippen LogP contribution in [0.2, 0.25) is 0 Å². The van der Waals surface area contributed by atoms with Crippen molar-refractivity contribution in [2.75, 3.05) is 26.3 Å². The Labute approximate surface area is 149 Å². The maximum Gasteiger partial charge on any atom is 0.0607 e. The number of nitrogens with zero attached hydrogens (tertiary/aromatic N) is 2. The molecular weight excluding hydrogens is 300 g/mol. The first-order chi connectivity index (χ1) is 11.9. The van der Waals surface area contributed by atoms with E-state index in [1.54, 1.807) is 6.21 Å². The minimum atomic E-state index is 0.280. The zero-order valence-electron chi connectivity index (χ0n) is 15.9. The zero-order chi connectivity index (χ0) is 17.3. The van der Waals surface area contributed by atoms with Crippen LogP contribution >= 0.6 is 0 Å². The molecule has 1 aliphatic heterocycles. The van der Waals surface area contributed by atoms with E-state index in [1.807, 2.05) is 0 Å². The molecule has 0 saturated carbocycles. The highest BCUT2D eigenvalue weighted by Gasteiger charge is 2.19. The van der Waals surface area contributed by atoms with E-state index in [-0.39, 0.29) is 6.04 Å². The Bertz CT molecular complexity index is 291. The van der Waals surface area contributed by atoms with Gasteiger partial charge in [-0.3, -0.25) is 4.90 Å². The number of ether oxygens (including phenoxy) is 1. The predicted octanol–water partition coefficient (Wildman–Crippen LogP) is 5.24. The van der Waals surface area contributed by atoms with Crippen LogP contribution in [0.15, 0.2) is 5.16 Å². The van der Waals surface area contributed by atoms with Gasteiger partial charge in [0.25, 0.3) is 0 Å². The molecule has 1 atom stereocenters. The Morgan fingerprint density at radius 1 is 0.875 bits per heavy atom. The summed E-state index contributed by atoms with van der Waals surface area (Å²) in [6.45, 7) is 5.78. The second kappa shape index (κ2) is 15.9. The molecule has 1 rings (SSSR count). The second-order valence-corrected chi connectivity index (χ2v) is 7.16. The largest absolute Gasteiger partial charge is 0.411 e. The Hall–Kier alpha value is -0.610. The minimum Gasteiger partial charge on any atom is -0.411 e. The van der Waals surface area contributed by atoms with Crippen molar-refractivity contribution in [3.63, 3.8) is 0 Å². The standard InChI is InChI=1S/C20H40N2O2/c1-2-3-4-5-6-7-8-9-10-11-12-13-14-20(19-21-23)22-15-17-24-18-16-22/h19-20,23H,2-18H2,1H3/b21-19+/t20-/m1/s1. The monoisotopic (exact) mass is 340 g/mol. The molecule has 0 aromatic carbocycles. The van der Waals surface area contributed by atoms with Crippen LogP contribution in [0, 0.1) is 0 Å². The minimum absolute atomic E-state index is 0.280. The fourth-order valence-corrected chi connectivity index (χ4v) is 3.53. The highest BCUT2D eigenvalue weighted by Crippen LogP contribution is 2.14. The summed E-state index contributed by atoms with van der Waals surface area (Å²) in [6.07, 6.45) is 19.3. The van der Waals surface area contributed by atoms with Crippen molar-refractivity contribution in [1.82, 2.24) is 4.90 Å². The zero-order valence-corrected chi connectivity index (χ0v) is 15.9. The molecule has 1 heterocycles. The van der Waals surface area contributed by atoms with Crippen molar-refractivity contribution in [2.45, 2.75) is 96.4 Å². The first kappa shape index (κ1) is 21.4. The van der Waals surface area contributed by atoms with Crippen molar-refractivity contribution in [3.05, 3.63) is 0 Å². The number of hydrogen-bond acceptors (Lipinski definition) is 4. The van der Waals surface area contributed by atoms with Crippen LogP contribution in [0.5, 0.6) is 0 Å². The molecule has 0 bridgehead atoms. The molecular formula is C20H40N2O2. The third kappa shape index (κ3) is 11.0. The van der Waals surface area contributed by atoms with Crippen LogP contribution in [-0.2, 0) is 4.74 Å². The average Bonchev–Trinajstić information content (AvgIpc) is 2.62. The molecule has 0 amide bonds. The summed E-state index contributed by atoms with van der Waals surface area (Å²) in [5.41, 5.74) is 0. The van der Waals surface area contributed by atoms with Gasteiger partial charge in [0.2, 0.25) is 0 Å². The SMILES string of the molecule is CCCCCCCCCCCCCC[C@H](/C=N/O)N1CCOCC1. The van der Waals surface area contributed by atoms with Gasteiger partial charge in [-0.15, -0.1) is 5.16 Å². The van der Waals surface area contributed by atoms with Crippen LogP contribution in [-0.4, -0.2) is 48.7 Å². The Morgan fingerprint density at radius 3 is 1.88 bits per heavy atom. The quantitative estimate of drug-likeness (QED) is 0.192. The van der Waals surface area contributed by atoms with Gasteiger partial charge in [-0.2, -0.15) is 0 Å². The van der Waals surface area contributed by atoms with Gasteiger partial charge in [0.15, 0.2) is 0 Å². The van der Waals surface area contributed by atoms with E-state index in [0.717, 1.165) is 32.7 Å². The van der Waals surface area contributed by atoms with Crippen molar-refractivity contribution in [1.29, 1.82) is 0 Å². The summed E-state index contributed by atoms with van der Waals surface area (Å²) in [7, 11) is 0. The van der Waals surface area contributed by atoms with E-state index in [4.69, 9.17) is 9.94 Å². The van der Waals surface area contributed by atoms with Crippen LogP contribution in [0.3, 0.4) is 0 Å². The Morgan fingerprint density at radius 2 is 1.38 bits per heavy atom. The highest BCUT2D eigenvalue weighted by atomic mass is 16.5. The maximum atomic E-state index is 8.87. The van der Waals surface area contributed by atoms with Crippen LogP contribution in [0.4, 0.5) is 0 Å². The van der Waals surface area contributed by atoms with Gasteiger partial charge >= 0.3 is 0 Å². The van der Waals surface area contributed by atoms with Crippen molar-refractivity contribution >= 4 is 6.21 Å². The van der Waals surface area contributed by atoms with Gasteiger partial charge in [0.05, 0.1) is 19.4 Å². The number of unbranched alkanes of at least 4 members (excludes halogenated alkanes) is 11. The molecule has 1 N–H and O–H groups in total. The van der Waals surface area contributed by atoms with Crippen molar-refractivity contribution in [3.8, 4) is 0 Å². The molecule has 1 saturated heterocycles. The van der Waals surface area contributed by atoms with E-state index in [2.05, 4.69) is 17.0 Å². The smallest absolute Gasteiger partial charge is 0.0607 e. The summed E-state index contributed by atoms with van der Waals surface area (Å²) in [5.74, 6) is 0. The molecule has 0 spiro atoms. The fraction of sp³-hybridized carbons (Fsp3) is 0.950. The fourth-order valence-electron chi connectivity index (χ4n) is 3.53. The molecule has 4 heteroatoms. The number of rotatable bonds is 15. The summed E-state index contributed by atoms with van der Waals surface area (Å²) < 4.78 is 5.40. The molecule has 0 aliphatic carbocycles. The van der Waals surface area contributed by atoms with Crippen LogP contribution in [0.25, 0.3) is 0 Å². The molecule has 0 unspecified atom stereocenters. The summed E-state index contributed by atoms with van der Waals surface area (Å²) in [5, 5.41) is 12.1. The average molecular weight is 341 g/mol. The van der Waals surface area contributed by atoms with Gasteiger partial charge in [-0.05, 0) is 6.42 Å². The van der Waals surface area contributed by atoms with E-state index < -0.39 is 0 Å². The molecule has 142 valence electrons. The van der Waals surface area contributed by atoms with Gasteiger partial charge in [-0.25, -0.2) is 0 Å². The van der Waals surface area contributed by atoms with Gasteiger partial charge in [0.1, 0.15) is 0 Å². The van der Waals surface area contributed by atoms with Gasteiger partial charge in [-0.1, -0.05) is 84.0 Å². The van der Waals surface area contributed by atoms with Crippen LogP contribution < -0.4 is 0 Å². The summed E-state index contributed by atoms with van der Waals surface area (Å²) >= 11 is 0. The van der Waals surface area contributed by atoms with E-state index in [0.29, 0.717) is 0 Å². The summed E-state index contributed by atoms with van der Waals surface area (Å²) in [6, 6.07) is 0.280. The lowest BCUT2D eigenvalue weighted by Crippen LogP contribution is -2.44. The molecule has 1 fully saturated rings. The van der Waals surface area contributed by atoms with E-state index >= 15 is 0 Å². The topological polar surface area (TPSA) is 45.1 Å². The molecule has 4 nitrogen and oxygen atoms in total. The highest BCUT2D eigenvalue weighted by molar-refractivity contribution is 5.63. The summed E-state index contributed by atoms with van der Waals surface area (Å²) in [4.78, 5) is 2.38. The number of hydrogen-bond donors (Lipinski definition) is 1. The lowest BCUT2D eigenvalue weighted by Gasteiger charge is -2.32. The van der Waals surface area contributed by atoms with Gasteiger partial charge in [0, 0.05) is 19.1 Å². The molecule has 0 radical (unpaired) electrons. The normalized spacial score (nSPS) is 17.5. The number of oxime groups is 1. The molecule has 24 heavy (non-hydrogen) atoms.